The van der Waals surface area contributed by atoms with Gasteiger partial charge in [-0.3, -0.25) is 9.59 Å². The van der Waals surface area contributed by atoms with Gasteiger partial charge in [0.15, 0.2) is 0 Å². The van der Waals surface area contributed by atoms with Crippen molar-refractivity contribution in [1.29, 1.82) is 0 Å². The van der Waals surface area contributed by atoms with Crippen LogP contribution in [0.3, 0.4) is 0 Å². The van der Waals surface area contributed by atoms with E-state index < -0.39 is 5.41 Å². The van der Waals surface area contributed by atoms with Gasteiger partial charge < -0.3 is 10.2 Å². The van der Waals surface area contributed by atoms with E-state index in [4.69, 9.17) is 0 Å². The maximum atomic E-state index is 12.8. The van der Waals surface area contributed by atoms with Crippen molar-refractivity contribution in [1.82, 2.24) is 10.2 Å². The van der Waals surface area contributed by atoms with Gasteiger partial charge in [0.05, 0.1) is 6.04 Å². The minimum atomic E-state index is -1.13. The molecule has 0 bridgehead atoms. The highest BCUT2D eigenvalue weighted by molar-refractivity contribution is 6.04. The van der Waals surface area contributed by atoms with Crippen LogP contribution in [-0.4, -0.2) is 23.8 Å². The molecular formula is C21H26N2O2. The van der Waals surface area contributed by atoms with Gasteiger partial charge in [0.2, 0.25) is 11.8 Å². The zero-order valence-corrected chi connectivity index (χ0v) is 15.3. The lowest BCUT2D eigenvalue weighted by atomic mass is 9.89. The number of amides is 2. The Balaban J connectivity index is 2.03. The molecule has 2 aromatic rings. The van der Waals surface area contributed by atoms with E-state index in [0.717, 1.165) is 11.1 Å². The summed E-state index contributed by atoms with van der Waals surface area (Å²) in [4.78, 5) is 27.1. The van der Waals surface area contributed by atoms with Crippen LogP contribution in [0.2, 0.25) is 0 Å². The van der Waals surface area contributed by atoms with Crippen LogP contribution in [0.15, 0.2) is 60.7 Å². The molecular weight excluding hydrogens is 312 g/mol. The van der Waals surface area contributed by atoms with Gasteiger partial charge >= 0.3 is 0 Å². The van der Waals surface area contributed by atoms with E-state index in [1.54, 1.807) is 25.8 Å². The summed E-state index contributed by atoms with van der Waals surface area (Å²) < 4.78 is 0. The molecule has 0 aliphatic carbocycles. The van der Waals surface area contributed by atoms with E-state index in [9.17, 15) is 9.59 Å². The molecule has 1 atom stereocenters. The SMILES string of the molecule is CC(NC(=O)C(C)(C)C(=O)N(C)Cc1ccccc1)c1ccccc1. The number of hydrogen-bond acceptors (Lipinski definition) is 2. The molecule has 0 heterocycles. The van der Waals surface area contributed by atoms with Crippen molar-refractivity contribution in [3.8, 4) is 0 Å². The number of nitrogens with zero attached hydrogens (tertiary/aromatic N) is 1. The molecule has 0 aliphatic rings. The van der Waals surface area contributed by atoms with Crippen LogP contribution in [0.25, 0.3) is 0 Å². The Labute approximate surface area is 149 Å². The number of carbonyl (C=O) groups is 2. The van der Waals surface area contributed by atoms with Crippen molar-refractivity contribution in [2.24, 2.45) is 5.41 Å². The highest BCUT2D eigenvalue weighted by atomic mass is 16.2. The van der Waals surface area contributed by atoms with Gasteiger partial charge in [0, 0.05) is 13.6 Å². The number of rotatable bonds is 6. The normalized spacial score (nSPS) is 12.3. The van der Waals surface area contributed by atoms with Crippen molar-refractivity contribution in [3.63, 3.8) is 0 Å². The largest absolute Gasteiger partial charge is 0.349 e. The second kappa shape index (κ2) is 7.97. The minimum absolute atomic E-state index is 0.153. The van der Waals surface area contributed by atoms with Gasteiger partial charge in [0.25, 0.3) is 0 Å². The van der Waals surface area contributed by atoms with Crippen LogP contribution in [0.5, 0.6) is 0 Å². The fraction of sp³-hybridized carbons (Fsp3) is 0.333. The van der Waals surface area contributed by atoms with Gasteiger partial charge in [0.1, 0.15) is 5.41 Å². The molecule has 2 amide bonds. The second-order valence-electron chi connectivity index (χ2n) is 6.88. The standard InChI is InChI=1S/C21H26N2O2/c1-16(18-13-9-6-10-14-18)22-19(24)21(2,3)20(25)23(4)15-17-11-7-5-8-12-17/h5-14,16H,15H2,1-4H3,(H,22,24). The Morgan fingerprint density at radius 3 is 2.08 bits per heavy atom. The summed E-state index contributed by atoms with van der Waals surface area (Å²) in [6, 6.07) is 19.3. The maximum absolute atomic E-state index is 12.8. The molecule has 1 unspecified atom stereocenters. The zero-order valence-electron chi connectivity index (χ0n) is 15.3. The van der Waals surface area contributed by atoms with Gasteiger partial charge in [-0.05, 0) is 31.9 Å². The number of nitrogens with one attached hydrogen (secondary N) is 1. The summed E-state index contributed by atoms with van der Waals surface area (Å²) in [5.74, 6) is -0.470. The summed E-state index contributed by atoms with van der Waals surface area (Å²) in [7, 11) is 1.73. The molecule has 0 aromatic heterocycles. The predicted octanol–water partition coefficient (Wildman–Crippen LogP) is 3.55. The molecule has 0 saturated carbocycles. The molecule has 25 heavy (non-hydrogen) atoms. The summed E-state index contributed by atoms with van der Waals surface area (Å²) in [5.41, 5.74) is 0.913. The average Bonchev–Trinajstić information content (AvgIpc) is 2.62. The van der Waals surface area contributed by atoms with E-state index in [1.807, 2.05) is 67.6 Å². The molecule has 132 valence electrons. The molecule has 4 heteroatoms. The lowest BCUT2D eigenvalue weighted by Gasteiger charge is -2.29. The fourth-order valence-electron chi connectivity index (χ4n) is 2.71. The minimum Gasteiger partial charge on any atom is -0.349 e. The molecule has 2 aromatic carbocycles. The van der Waals surface area contributed by atoms with Crippen molar-refractivity contribution in [3.05, 3.63) is 71.8 Å². The highest BCUT2D eigenvalue weighted by Crippen LogP contribution is 2.22. The van der Waals surface area contributed by atoms with E-state index in [1.165, 1.54) is 0 Å². The summed E-state index contributed by atoms with van der Waals surface area (Å²) in [5, 5.41) is 2.95. The monoisotopic (exact) mass is 338 g/mol. The Hall–Kier alpha value is -2.62. The van der Waals surface area contributed by atoms with Crippen LogP contribution in [0, 0.1) is 5.41 Å². The van der Waals surface area contributed by atoms with Gasteiger partial charge in [-0.15, -0.1) is 0 Å². The topological polar surface area (TPSA) is 49.4 Å². The lowest BCUT2D eigenvalue weighted by molar-refractivity contribution is -0.148. The summed E-state index contributed by atoms with van der Waals surface area (Å²) >= 11 is 0. The van der Waals surface area contributed by atoms with Crippen LogP contribution in [-0.2, 0) is 16.1 Å². The first-order chi connectivity index (χ1) is 11.8. The third-order valence-corrected chi connectivity index (χ3v) is 4.36. The lowest BCUT2D eigenvalue weighted by Crippen LogP contribution is -2.48. The summed E-state index contributed by atoms with van der Waals surface area (Å²) in [6.45, 7) is 5.74. The first-order valence-corrected chi connectivity index (χ1v) is 8.47. The molecule has 0 spiro atoms. The smallest absolute Gasteiger partial charge is 0.237 e. The predicted molar refractivity (Wildman–Crippen MR) is 99.7 cm³/mol. The first-order valence-electron chi connectivity index (χ1n) is 8.47. The zero-order chi connectivity index (χ0) is 18.4. The quantitative estimate of drug-likeness (QED) is 0.819. The first kappa shape index (κ1) is 18.7. The number of benzene rings is 2. The van der Waals surface area contributed by atoms with Gasteiger partial charge in [-0.25, -0.2) is 0 Å². The van der Waals surface area contributed by atoms with E-state index in [0.29, 0.717) is 6.54 Å². The molecule has 1 N–H and O–H groups in total. The van der Waals surface area contributed by atoms with E-state index in [2.05, 4.69) is 5.32 Å². The van der Waals surface area contributed by atoms with Crippen LogP contribution >= 0.6 is 0 Å². The Morgan fingerprint density at radius 2 is 1.52 bits per heavy atom. The average molecular weight is 338 g/mol. The summed E-state index contributed by atoms with van der Waals surface area (Å²) in [6.07, 6.45) is 0. The number of hydrogen-bond donors (Lipinski definition) is 1. The molecule has 0 saturated heterocycles. The Bertz CT molecular complexity index is 711. The second-order valence-corrected chi connectivity index (χ2v) is 6.88. The van der Waals surface area contributed by atoms with Crippen LogP contribution < -0.4 is 5.32 Å². The van der Waals surface area contributed by atoms with Crippen LogP contribution in [0.4, 0.5) is 0 Å². The fourth-order valence-corrected chi connectivity index (χ4v) is 2.71. The Kier molecular flexibility index (Phi) is 5.97. The highest BCUT2D eigenvalue weighted by Gasteiger charge is 2.38. The maximum Gasteiger partial charge on any atom is 0.237 e. The number of carbonyl (C=O) groups excluding carboxylic acids is 2. The molecule has 4 nitrogen and oxygen atoms in total. The molecule has 0 radical (unpaired) electrons. The third kappa shape index (κ3) is 4.69. The van der Waals surface area contributed by atoms with E-state index in [-0.39, 0.29) is 17.9 Å². The van der Waals surface area contributed by atoms with Crippen LogP contribution in [0.1, 0.15) is 37.9 Å². The van der Waals surface area contributed by atoms with E-state index >= 15 is 0 Å². The van der Waals surface area contributed by atoms with Crippen molar-refractivity contribution >= 4 is 11.8 Å². The van der Waals surface area contributed by atoms with Crippen molar-refractivity contribution in [2.75, 3.05) is 7.05 Å². The van der Waals surface area contributed by atoms with Crippen molar-refractivity contribution < 1.29 is 9.59 Å². The third-order valence-electron chi connectivity index (χ3n) is 4.36. The van der Waals surface area contributed by atoms with Crippen molar-refractivity contribution in [2.45, 2.75) is 33.4 Å². The molecule has 0 fully saturated rings. The Morgan fingerprint density at radius 1 is 1.00 bits per heavy atom. The van der Waals surface area contributed by atoms with Gasteiger partial charge in [-0.2, -0.15) is 0 Å². The van der Waals surface area contributed by atoms with Gasteiger partial charge in [-0.1, -0.05) is 60.7 Å². The molecule has 2 rings (SSSR count). The molecule has 0 aliphatic heterocycles.